The Morgan fingerprint density at radius 1 is 1.43 bits per heavy atom. The first kappa shape index (κ1) is 10.9. The number of hydrogen-bond donors (Lipinski definition) is 1. The maximum absolute atomic E-state index is 5.16. The number of ether oxygens (including phenoxy) is 1. The molecule has 0 spiro atoms. The van der Waals surface area contributed by atoms with E-state index in [-0.39, 0.29) is 0 Å². The topological polar surface area (TPSA) is 21.3 Å². The number of rotatable bonds is 5. The van der Waals surface area contributed by atoms with Gasteiger partial charge in [-0.05, 0) is 25.5 Å². The van der Waals surface area contributed by atoms with E-state index in [9.17, 15) is 0 Å². The van der Waals surface area contributed by atoms with Gasteiger partial charge in [-0.25, -0.2) is 0 Å². The Labute approximate surface area is 86.3 Å². The van der Waals surface area contributed by atoms with Gasteiger partial charge in [0.1, 0.15) is 5.75 Å². The quantitative estimate of drug-likeness (QED) is 0.774. The van der Waals surface area contributed by atoms with Gasteiger partial charge in [-0.2, -0.15) is 0 Å². The van der Waals surface area contributed by atoms with Crippen LogP contribution in [0.3, 0.4) is 0 Å². The number of nitrogens with one attached hydrogen (secondary N) is 1. The third-order valence-electron chi connectivity index (χ3n) is 2.20. The number of anilines is 1. The van der Waals surface area contributed by atoms with E-state index < -0.39 is 0 Å². The standard InChI is InChI=1S/C12H19NO/c1-4-6-10(2)13-11-7-5-8-12(9-11)14-3/h5,7-10,13H,4,6H2,1-3H3. The van der Waals surface area contributed by atoms with Crippen LogP contribution in [0, 0.1) is 0 Å². The highest BCUT2D eigenvalue weighted by atomic mass is 16.5. The minimum atomic E-state index is 0.520. The number of benzene rings is 1. The summed E-state index contributed by atoms with van der Waals surface area (Å²) in [4.78, 5) is 0. The Bertz CT molecular complexity index is 273. The molecule has 1 rings (SSSR count). The van der Waals surface area contributed by atoms with E-state index in [1.165, 1.54) is 12.8 Å². The molecule has 1 aromatic rings. The van der Waals surface area contributed by atoms with Gasteiger partial charge in [-0.1, -0.05) is 19.4 Å². The van der Waals surface area contributed by atoms with Gasteiger partial charge in [-0.15, -0.1) is 0 Å². The summed E-state index contributed by atoms with van der Waals surface area (Å²) in [5.74, 6) is 0.902. The Balaban J connectivity index is 2.57. The molecular formula is C12H19NO. The Hall–Kier alpha value is -1.18. The van der Waals surface area contributed by atoms with Crippen molar-refractivity contribution in [3.63, 3.8) is 0 Å². The molecule has 14 heavy (non-hydrogen) atoms. The highest BCUT2D eigenvalue weighted by Crippen LogP contribution is 2.18. The summed E-state index contributed by atoms with van der Waals surface area (Å²) in [7, 11) is 1.69. The van der Waals surface area contributed by atoms with E-state index in [1.54, 1.807) is 7.11 Å². The number of methoxy groups -OCH3 is 1. The summed E-state index contributed by atoms with van der Waals surface area (Å²) >= 11 is 0. The van der Waals surface area contributed by atoms with Crippen molar-refractivity contribution in [2.45, 2.75) is 32.7 Å². The normalized spacial score (nSPS) is 12.2. The smallest absolute Gasteiger partial charge is 0.120 e. The lowest BCUT2D eigenvalue weighted by Crippen LogP contribution is -2.14. The fraction of sp³-hybridized carbons (Fsp3) is 0.500. The minimum Gasteiger partial charge on any atom is -0.497 e. The van der Waals surface area contributed by atoms with Crippen molar-refractivity contribution >= 4 is 5.69 Å². The monoisotopic (exact) mass is 193 g/mol. The highest BCUT2D eigenvalue weighted by Gasteiger charge is 2.00. The van der Waals surface area contributed by atoms with Crippen molar-refractivity contribution in [2.24, 2.45) is 0 Å². The van der Waals surface area contributed by atoms with Crippen molar-refractivity contribution < 1.29 is 4.74 Å². The van der Waals surface area contributed by atoms with Gasteiger partial charge in [0, 0.05) is 17.8 Å². The van der Waals surface area contributed by atoms with Gasteiger partial charge in [0.15, 0.2) is 0 Å². The molecule has 0 radical (unpaired) electrons. The van der Waals surface area contributed by atoms with Crippen LogP contribution in [-0.2, 0) is 0 Å². The fourth-order valence-electron chi connectivity index (χ4n) is 1.50. The molecule has 78 valence electrons. The molecule has 2 heteroatoms. The van der Waals surface area contributed by atoms with Crippen LogP contribution in [-0.4, -0.2) is 13.2 Å². The lowest BCUT2D eigenvalue weighted by molar-refractivity contribution is 0.415. The van der Waals surface area contributed by atoms with Crippen molar-refractivity contribution in [3.05, 3.63) is 24.3 Å². The van der Waals surface area contributed by atoms with Crippen LogP contribution < -0.4 is 10.1 Å². The van der Waals surface area contributed by atoms with Gasteiger partial charge >= 0.3 is 0 Å². The van der Waals surface area contributed by atoms with E-state index in [0.29, 0.717) is 6.04 Å². The van der Waals surface area contributed by atoms with Gasteiger partial charge in [-0.3, -0.25) is 0 Å². The van der Waals surface area contributed by atoms with Gasteiger partial charge in [0.2, 0.25) is 0 Å². The van der Waals surface area contributed by atoms with Crippen LogP contribution in [0.2, 0.25) is 0 Å². The van der Waals surface area contributed by atoms with Crippen molar-refractivity contribution in [1.29, 1.82) is 0 Å². The third-order valence-corrected chi connectivity index (χ3v) is 2.20. The van der Waals surface area contributed by atoms with Crippen LogP contribution in [0.4, 0.5) is 5.69 Å². The first-order chi connectivity index (χ1) is 6.76. The maximum Gasteiger partial charge on any atom is 0.120 e. The lowest BCUT2D eigenvalue weighted by atomic mass is 10.2. The molecule has 0 heterocycles. The lowest BCUT2D eigenvalue weighted by Gasteiger charge is -2.14. The Morgan fingerprint density at radius 3 is 2.86 bits per heavy atom. The van der Waals surface area contributed by atoms with E-state index in [4.69, 9.17) is 4.74 Å². The molecule has 0 aliphatic carbocycles. The van der Waals surface area contributed by atoms with Crippen molar-refractivity contribution in [2.75, 3.05) is 12.4 Å². The summed E-state index contributed by atoms with van der Waals surface area (Å²) in [6.45, 7) is 4.40. The zero-order valence-electron chi connectivity index (χ0n) is 9.21. The summed E-state index contributed by atoms with van der Waals surface area (Å²) < 4.78 is 5.16. The molecule has 0 fully saturated rings. The molecule has 0 amide bonds. The second kappa shape index (κ2) is 5.53. The van der Waals surface area contributed by atoms with E-state index in [1.807, 2.05) is 18.2 Å². The molecule has 1 aromatic carbocycles. The number of hydrogen-bond acceptors (Lipinski definition) is 2. The van der Waals surface area contributed by atoms with Crippen molar-refractivity contribution in [1.82, 2.24) is 0 Å². The average molecular weight is 193 g/mol. The van der Waals surface area contributed by atoms with E-state index in [2.05, 4.69) is 25.2 Å². The van der Waals surface area contributed by atoms with E-state index in [0.717, 1.165) is 11.4 Å². The Morgan fingerprint density at radius 2 is 2.21 bits per heavy atom. The molecule has 0 saturated carbocycles. The minimum absolute atomic E-state index is 0.520. The average Bonchev–Trinajstić information content (AvgIpc) is 2.18. The fourth-order valence-corrected chi connectivity index (χ4v) is 1.50. The third kappa shape index (κ3) is 3.29. The Kier molecular flexibility index (Phi) is 4.30. The predicted octanol–water partition coefficient (Wildman–Crippen LogP) is 3.30. The maximum atomic E-state index is 5.16. The summed E-state index contributed by atoms with van der Waals surface area (Å²) in [5, 5.41) is 3.44. The molecule has 1 unspecified atom stereocenters. The molecule has 1 atom stereocenters. The van der Waals surface area contributed by atoms with E-state index >= 15 is 0 Å². The van der Waals surface area contributed by atoms with Crippen LogP contribution in [0.1, 0.15) is 26.7 Å². The van der Waals surface area contributed by atoms with Crippen molar-refractivity contribution in [3.8, 4) is 5.75 Å². The summed E-state index contributed by atoms with van der Waals surface area (Å²) in [6.07, 6.45) is 2.40. The van der Waals surface area contributed by atoms with Crippen LogP contribution in [0.15, 0.2) is 24.3 Å². The second-order valence-corrected chi connectivity index (χ2v) is 3.57. The highest BCUT2D eigenvalue weighted by molar-refractivity contribution is 5.48. The summed E-state index contributed by atoms with van der Waals surface area (Å²) in [6, 6.07) is 8.56. The van der Waals surface area contributed by atoms with Gasteiger partial charge in [0.05, 0.1) is 7.11 Å². The van der Waals surface area contributed by atoms with Gasteiger partial charge < -0.3 is 10.1 Å². The molecule has 0 aliphatic heterocycles. The first-order valence-corrected chi connectivity index (χ1v) is 5.17. The zero-order valence-corrected chi connectivity index (χ0v) is 9.21. The molecule has 0 saturated heterocycles. The molecule has 0 bridgehead atoms. The van der Waals surface area contributed by atoms with Crippen LogP contribution in [0.5, 0.6) is 5.75 Å². The molecule has 1 N–H and O–H groups in total. The van der Waals surface area contributed by atoms with Crippen LogP contribution >= 0.6 is 0 Å². The largest absolute Gasteiger partial charge is 0.497 e. The SMILES string of the molecule is CCCC(C)Nc1cccc(OC)c1. The van der Waals surface area contributed by atoms with Gasteiger partial charge in [0.25, 0.3) is 0 Å². The predicted molar refractivity (Wildman–Crippen MR) is 61.0 cm³/mol. The first-order valence-electron chi connectivity index (χ1n) is 5.17. The summed E-state index contributed by atoms with van der Waals surface area (Å²) in [5.41, 5.74) is 1.13. The zero-order chi connectivity index (χ0) is 10.4. The molecular weight excluding hydrogens is 174 g/mol. The molecule has 0 aliphatic rings. The molecule has 2 nitrogen and oxygen atoms in total. The van der Waals surface area contributed by atoms with Crippen LogP contribution in [0.25, 0.3) is 0 Å². The molecule has 0 aromatic heterocycles. The second-order valence-electron chi connectivity index (χ2n) is 3.57.